The van der Waals surface area contributed by atoms with Crippen LogP contribution in [0.5, 0.6) is 23.0 Å². The largest absolute Gasteiger partial charge is 0.780 e. The molecule has 0 fully saturated rings. The monoisotopic (exact) mass is 950 g/mol. The Balaban J connectivity index is 0.000000400. The van der Waals surface area contributed by atoms with Crippen LogP contribution in [-0.2, 0) is 67.0 Å². The van der Waals surface area contributed by atoms with Crippen LogP contribution in [0.4, 0.5) is 0 Å². The summed E-state index contributed by atoms with van der Waals surface area (Å²) in [4.78, 5) is 3.41. The van der Waals surface area contributed by atoms with E-state index in [2.05, 4.69) is 55.4 Å². The van der Waals surface area contributed by atoms with E-state index < -0.39 is 0 Å². The van der Waals surface area contributed by atoms with Crippen LogP contribution < -0.4 is 18.9 Å². The summed E-state index contributed by atoms with van der Waals surface area (Å²) in [5, 5.41) is 0. The predicted octanol–water partition coefficient (Wildman–Crippen LogP) is 14.1. The van der Waals surface area contributed by atoms with E-state index in [1.165, 1.54) is 23.5 Å². The number of thioether (sulfide) groups is 2. The fraction of sp³-hybridized carbons (Fsp3) is 0.417. The molecule has 0 unspecified atom stereocenters. The van der Waals surface area contributed by atoms with Gasteiger partial charge in [0.2, 0.25) is 0 Å². The van der Waals surface area contributed by atoms with E-state index in [-0.39, 0.29) is 16.5 Å². The third-order valence-electron chi connectivity index (χ3n) is 8.50. The molecule has 4 aromatic carbocycles. The molecule has 11 heteroatoms. The quantitative estimate of drug-likeness (QED) is 0.0432. The van der Waals surface area contributed by atoms with Gasteiger partial charge in [-0.1, -0.05) is 91.8 Å². The molecule has 0 aliphatic carbocycles. The minimum Gasteiger partial charge on any atom is -0.780 e. The Bertz CT molecular complexity index is 1710. The Labute approximate surface area is 396 Å². The first-order valence-electron chi connectivity index (χ1n) is 20.2. The molecule has 0 radical (unpaired) electrons. The molecule has 0 N–H and O–H groups in total. The second-order valence-corrected chi connectivity index (χ2v) is 19.8. The van der Waals surface area contributed by atoms with Crippen molar-refractivity contribution in [3.8, 4) is 23.0 Å². The summed E-state index contributed by atoms with van der Waals surface area (Å²) in [5.41, 5.74) is 1.67. The normalized spacial score (nSPS) is 12.0. The van der Waals surface area contributed by atoms with E-state index in [1.807, 2.05) is 97.1 Å². The molecular weight excluding hydrogens is 892 g/mol. The fourth-order valence-corrected chi connectivity index (χ4v) is 7.73. The van der Waals surface area contributed by atoms with Crippen molar-refractivity contribution in [2.75, 3.05) is 26.4 Å². The summed E-state index contributed by atoms with van der Waals surface area (Å²) in [6, 6.07) is 31.8. The third kappa shape index (κ3) is 20.8. The van der Waals surface area contributed by atoms with Gasteiger partial charge in [0.25, 0.3) is 0 Å². The van der Waals surface area contributed by atoms with Gasteiger partial charge >= 0.3 is 0 Å². The Kier molecular flexibility index (Phi) is 26.0. The van der Waals surface area contributed by atoms with Gasteiger partial charge in [-0.25, -0.2) is 0 Å². The number of benzene rings is 4. The maximum absolute atomic E-state index is 6.06. The van der Waals surface area contributed by atoms with Crippen molar-refractivity contribution < 1.29 is 35.4 Å². The molecular formula is C48H60NiO4S6-4. The summed E-state index contributed by atoms with van der Waals surface area (Å²) in [6.45, 7) is 20.2. The van der Waals surface area contributed by atoms with Gasteiger partial charge in [0, 0.05) is 37.4 Å². The zero-order valence-electron chi connectivity index (χ0n) is 35.6. The van der Waals surface area contributed by atoms with E-state index in [0.29, 0.717) is 68.4 Å². The first-order valence-corrected chi connectivity index (χ1v) is 23.4. The molecule has 0 heterocycles. The number of hydrogen-bond acceptors (Lipinski definition) is 10. The number of hydrogen-bond donors (Lipinski definition) is 0. The van der Waals surface area contributed by atoms with Gasteiger partial charge < -0.3 is 69.5 Å². The Morgan fingerprint density at radius 2 is 0.746 bits per heavy atom. The SMILES string of the molecule is CC(C)CCOc1ccc(OCCC(C)C)c(/C([S-])=C(/[S-])Sc2ccccc2)c1.CC(C)CCOc1ccc(OCCC(C)C)c(/C([S-])=C(/[S-])Sc2ccccc2)c1.[Ni]. The topological polar surface area (TPSA) is 36.9 Å². The minimum absolute atomic E-state index is 0. The van der Waals surface area contributed by atoms with Gasteiger partial charge in [0.15, 0.2) is 0 Å². The van der Waals surface area contributed by atoms with Gasteiger partial charge in [-0.3, -0.25) is 0 Å². The zero-order chi connectivity index (χ0) is 42.5. The Hall–Kier alpha value is -2.37. The van der Waals surface area contributed by atoms with Crippen molar-refractivity contribution in [1.82, 2.24) is 0 Å². The minimum atomic E-state index is 0. The standard InChI is InChI=1S/2C24H32O2S3.Ni/c2*1-17(2)12-14-25-19-10-11-22(26-15-13-18(3)4)21(16-19)23(27)24(28)29-20-8-6-5-7-9-20;/h2*5-11,16-18,27-28H,12-15H2,1-4H3;/p-4/b2*24-23+;. The van der Waals surface area contributed by atoms with Crippen LogP contribution in [0.15, 0.2) is 115 Å². The van der Waals surface area contributed by atoms with Crippen LogP contribution in [0, 0.1) is 23.7 Å². The maximum Gasteiger partial charge on any atom is 0.125 e. The molecule has 0 spiro atoms. The van der Waals surface area contributed by atoms with Gasteiger partial charge in [-0.15, -0.1) is 23.5 Å². The molecule has 0 saturated heterocycles. The zero-order valence-corrected chi connectivity index (χ0v) is 41.5. The van der Waals surface area contributed by atoms with Crippen LogP contribution in [-0.4, -0.2) is 26.4 Å². The molecule has 326 valence electrons. The maximum atomic E-state index is 6.06. The average Bonchev–Trinajstić information content (AvgIpc) is 3.18. The van der Waals surface area contributed by atoms with Gasteiger partial charge in [-0.05, 0) is 110 Å². The van der Waals surface area contributed by atoms with Gasteiger partial charge in [-0.2, -0.15) is 18.3 Å². The molecule has 0 amide bonds. The van der Waals surface area contributed by atoms with Crippen molar-refractivity contribution in [1.29, 1.82) is 0 Å². The van der Waals surface area contributed by atoms with E-state index in [0.717, 1.165) is 69.6 Å². The van der Waals surface area contributed by atoms with E-state index >= 15 is 0 Å². The smallest absolute Gasteiger partial charge is 0.125 e. The molecule has 0 aliphatic rings. The molecule has 0 aromatic heterocycles. The molecule has 0 saturated carbocycles. The van der Waals surface area contributed by atoms with Crippen molar-refractivity contribution in [3.63, 3.8) is 0 Å². The Morgan fingerprint density at radius 1 is 0.441 bits per heavy atom. The van der Waals surface area contributed by atoms with Crippen molar-refractivity contribution in [2.45, 2.75) is 90.9 Å². The summed E-state index contributed by atoms with van der Waals surface area (Å²) >= 11 is 25.8. The average molecular weight is 952 g/mol. The molecule has 4 rings (SSSR count). The van der Waals surface area contributed by atoms with Crippen LogP contribution >= 0.6 is 23.5 Å². The molecule has 0 atom stereocenters. The van der Waals surface area contributed by atoms with Gasteiger partial charge in [0.05, 0.1) is 26.4 Å². The predicted molar refractivity (Wildman–Crippen MR) is 261 cm³/mol. The number of rotatable bonds is 22. The summed E-state index contributed by atoms with van der Waals surface area (Å²) in [7, 11) is 0. The summed E-state index contributed by atoms with van der Waals surface area (Å²) in [5.74, 6) is 5.50. The van der Waals surface area contributed by atoms with Crippen molar-refractivity contribution in [2.24, 2.45) is 23.7 Å². The fourth-order valence-electron chi connectivity index (χ4n) is 4.94. The van der Waals surface area contributed by atoms with E-state index in [4.69, 9.17) is 69.5 Å². The van der Waals surface area contributed by atoms with Crippen LogP contribution in [0.1, 0.15) is 92.2 Å². The van der Waals surface area contributed by atoms with E-state index in [1.54, 1.807) is 0 Å². The second-order valence-electron chi connectivity index (χ2n) is 15.5. The first kappa shape index (κ1) is 52.8. The first-order chi connectivity index (χ1) is 27.7. The van der Waals surface area contributed by atoms with Crippen LogP contribution in [0.25, 0.3) is 9.81 Å². The molecule has 4 nitrogen and oxygen atoms in total. The second kappa shape index (κ2) is 29.0. The molecule has 0 bridgehead atoms. The van der Waals surface area contributed by atoms with Gasteiger partial charge in [0.1, 0.15) is 23.0 Å². The van der Waals surface area contributed by atoms with E-state index in [9.17, 15) is 0 Å². The van der Waals surface area contributed by atoms with Crippen molar-refractivity contribution >= 4 is 83.8 Å². The van der Waals surface area contributed by atoms with Crippen molar-refractivity contribution in [3.05, 3.63) is 117 Å². The third-order valence-corrected chi connectivity index (χ3v) is 12.6. The number of ether oxygens (including phenoxy) is 4. The summed E-state index contributed by atoms with van der Waals surface area (Å²) < 4.78 is 25.3. The van der Waals surface area contributed by atoms with Crippen LogP contribution in [0.3, 0.4) is 0 Å². The molecule has 59 heavy (non-hydrogen) atoms. The molecule has 0 aliphatic heterocycles. The molecule has 4 aromatic rings. The summed E-state index contributed by atoms with van der Waals surface area (Å²) in [6.07, 6.45) is 3.99. The Morgan fingerprint density at radius 3 is 1.05 bits per heavy atom. The van der Waals surface area contributed by atoms with Crippen LogP contribution in [0.2, 0.25) is 0 Å².